The number of aryl methyl sites for hydroxylation is 1. The summed E-state index contributed by atoms with van der Waals surface area (Å²) in [5, 5.41) is 7.49. The molecule has 1 heterocycles. The number of carbonyl (C=O) groups excluding carboxylic acids is 1. The highest BCUT2D eigenvalue weighted by atomic mass is 35.5. The summed E-state index contributed by atoms with van der Waals surface area (Å²) in [4.78, 5) is 12.8. The number of nitrogens with zero attached hydrogens (tertiary/aromatic N) is 2. The van der Waals surface area contributed by atoms with Crippen LogP contribution in [0.1, 0.15) is 34.0 Å². The Balaban J connectivity index is 1.41. The highest BCUT2D eigenvalue weighted by molar-refractivity contribution is 6.33. The van der Waals surface area contributed by atoms with E-state index in [2.05, 4.69) is 17.3 Å². The zero-order chi connectivity index (χ0) is 24.1. The fraction of sp³-hybridized carbons (Fsp3) is 0.154. The zero-order valence-electron chi connectivity index (χ0n) is 18.4. The molecular formula is C26H22Cl2FN3O2. The van der Waals surface area contributed by atoms with E-state index in [1.807, 2.05) is 30.3 Å². The molecule has 8 heteroatoms. The van der Waals surface area contributed by atoms with Crippen LogP contribution in [0.4, 0.5) is 10.2 Å². The lowest BCUT2D eigenvalue weighted by molar-refractivity contribution is 0.102. The van der Waals surface area contributed by atoms with Crippen LogP contribution in [-0.4, -0.2) is 15.7 Å². The van der Waals surface area contributed by atoms with Crippen LogP contribution in [0.25, 0.3) is 0 Å². The molecule has 4 aromatic rings. The van der Waals surface area contributed by atoms with Crippen molar-refractivity contribution in [1.29, 1.82) is 0 Å². The molecule has 174 valence electrons. The minimum atomic E-state index is -0.440. The van der Waals surface area contributed by atoms with Gasteiger partial charge in [-0.15, -0.1) is 0 Å². The van der Waals surface area contributed by atoms with E-state index in [9.17, 15) is 9.18 Å². The number of rotatable bonds is 8. The average Bonchev–Trinajstić information content (AvgIpc) is 3.19. The normalized spacial score (nSPS) is 10.8. The van der Waals surface area contributed by atoms with Gasteiger partial charge >= 0.3 is 0 Å². The van der Waals surface area contributed by atoms with Crippen molar-refractivity contribution in [3.8, 4) is 5.75 Å². The molecule has 0 atom stereocenters. The molecule has 0 unspecified atom stereocenters. The molecule has 0 radical (unpaired) electrons. The van der Waals surface area contributed by atoms with Gasteiger partial charge < -0.3 is 10.1 Å². The van der Waals surface area contributed by atoms with Crippen molar-refractivity contribution >= 4 is 34.9 Å². The third-order valence-electron chi connectivity index (χ3n) is 5.26. The molecular weight excluding hydrogens is 476 g/mol. The SMILES string of the molecule is CCc1ccc(OCc2cccc(C(=O)Nc3nn(Cc4c(F)cccc4Cl)cc3Cl)c2)cc1. The molecule has 1 amide bonds. The zero-order valence-corrected chi connectivity index (χ0v) is 19.9. The maximum atomic E-state index is 14.1. The first kappa shape index (κ1) is 23.8. The van der Waals surface area contributed by atoms with Gasteiger partial charge in [0.25, 0.3) is 5.91 Å². The Morgan fingerprint density at radius 2 is 1.79 bits per heavy atom. The monoisotopic (exact) mass is 497 g/mol. The van der Waals surface area contributed by atoms with Crippen molar-refractivity contribution in [1.82, 2.24) is 9.78 Å². The second-order valence-corrected chi connectivity index (χ2v) is 8.48. The standard InChI is InChI=1S/C26H22Cl2FN3O2/c1-2-17-9-11-20(12-10-17)34-16-18-5-3-6-19(13-18)26(33)30-25-23(28)15-32(31-25)14-21-22(27)7-4-8-24(21)29/h3-13,15H,2,14,16H2,1H3,(H,30,31,33). The summed E-state index contributed by atoms with van der Waals surface area (Å²) in [5.41, 5.74) is 2.81. The quantitative estimate of drug-likeness (QED) is 0.292. The second kappa shape index (κ2) is 10.7. The Bertz CT molecular complexity index is 1290. The topological polar surface area (TPSA) is 56.1 Å². The van der Waals surface area contributed by atoms with Crippen LogP contribution in [0.5, 0.6) is 5.75 Å². The summed E-state index contributed by atoms with van der Waals surface area (Å²) >= 11 is 12.3. The van der Waals surface area contributed by atoms with Gasteiger partial charge in [-0.05, 0) is 53.9 Å². The van der Waals surface area contributed by atoms with Crippen LogP contribution in [0.15, 0.2) is 72.9 Å². The number of hydrogen-bond acceptors (Lipinski definition) is 3. The Kier molecular flexibility index (Phi) is 7.50. The molecule has 1 N–H and O–H groups in total. The number of halogens is 3. The van der Waals surface area contributed by atoms with Gasteiger partial charge in [-0.25, -0.2) is 4.39 Å². The van der Waals surface area contributed by atoms with Gasteiger partial charge in [0.15, 0.2) is 5.82 Å². The van der Waals surface area contributed by atoms with Crippen LogP contribution in [0.2, 0.25) is 10.0 Å². The predicted molar refractivity (Wildman–Crippen MR) is 132 cm³/mol. The molecule has 0 saturated carbocycles. The summed E-state index contributed by atoms with van der Waals surface area (Å²) in [6.07, 6.45) is 2.48. The maximum Gasteiger partial charge on any atom is 0.256 e. The molecule has 0 saturated heterocycles. The third-order valence-corrected chi connectivity index (χ3v) is 5.89. The lowest BCUT2D eigenvalue weighted by Crippen LogP contribution is -2.14. The van der Waals surface area contributed by atoms with Crippen molar-refractivity contribution in [2.75, 3.05) is 5.32 Å². The summed E-state index contributed by atoms with van der Waals surface area (Å²) < 4.78 is 21.3. The summed E-state index contributed by atoms with van der Waals surface area (Å²) in [5.74, 6) is 0.131. The van der Waals surface area contributed by atoms with E-state index >= 15 is 0 Å². The van der Waals surface area contributed by atoms with Crippen molar-refractivity contribution in [2.24, 2.45) is 0 Å². The highest BCUT2D eigenvalue weighted by Gasteiger charge is 2.15. The molecule has 34 heavy (non-hydrogen) atoms. The fourth-order valence-corrected chi connectivity index (χ4v) is 3.80. The van der Waals surface area contributed by atoms with Crippen molar-refractivity contribution < 1.29 is 13.9 Å². The van der Waals surface area contributed by atoms with E-state index in [4.69, 9.17) is 27.9 Å². The minimum Gasteiger partial charge on any atom is -0.489 e. The van der Waals surface area contributed by atoms with E-state index in [1.165, 1.54) is 28.6 Å². The van der Waals surface area contributed by atoms with E-state index in [1.54, 1.807) is 24.3 Å². The molecule has 0 fully saturated rings. The Morgan fingerprint density at radius 1 is 1.03 bits per heavy atom. The lowest BCUT2D eigenvalue weighted by Gasteiger charge is -2.09. The van der Waals surface area contributed by atoms with Gasteiger partial charge in [0, 0.05) is 22.3 Å². The van der Waals surface area contributed by atoms with Crippen LogP contribution in [0, 0.1) is 5.82 Å². The number of hydrogen-bond donors (Lipinski definition) is 1. The molecule has 0 aliphatic carbocycles. The Morgan fingerprint density at radius 3 is 2.53 bits per heavy atom. The smallest absolute Gasteiger partial charge is 0.256 e. The van der Waals surface area contributed by atoms with Gasteiger partial charge in [0.1, 0.15) is 23.2 Å². The molecule has 4 rings (SSSR count). The molecule has 3 aromatic carbocycles. The molecule has 0 aliphatic heterocycles. The average molecular weight is 498 g/mol. The number of nitrogens with one attached hydrogen (secondary N) is 1. The maximum absolute atomic E-state index is 14.1. The highest BCUT2D eigenvalue weighted by Crippen LogP contribution is 2.24. The van der Waals surface area contributed by atoms with E-state index < -0.39 is 5.82 Å². The van der Waals surface area contributed by atoms with E-state index in [-0.39, 0.29) is 28.3 Å². The fourth-order valence-electron chi connectivity index (χ4n) is 3.38. The van der Waals surface area contributed by atoms with Crippen LogP contribution in [0.3, 0.4) is 0 Å². The Hall–Kier alpha value is -3.35. The first-order chi connectivity index (χ1) is 16.4. The van der Waals surface area contributed by atoms with Crippen LogP contribution in [-0.2, 0) is 19.6 Å². The number of benzene rings is 3. The van der Waals surface area contributed by atoms with E-state index in [0.717, 1.165) is 17.7 Å². The van der Waals surface area contributed by atoms with Gasteiger partial charge in [-0.1, -0.05) is 60.5 Å². The molecule has 0 spiro atoms. The largest absolute Gasteiger partial charge is 0.489 e. The van der Waals surface area contributed by atoms with Crippen molar-refractivity contribution in [2.45, 2.75) is 26.5 Å². The summed E-state index contributed by atoms with van der Waals surface area (Å²) in [6.45, 7) is 2.50. The van der Waals surface area contributed by atoms with Crippen molar-refractivity contribution in [3.05, 3.63) is 111 Å². The minimum absolute atomic E-state index is 0.0765. The lowest BCUT2D eigenvalue weighted by atomic mass is 10.1. The predicted octanol–water partition coefficient (Wildman–Crippen LogP) is 6.77. The molecule has 0 bridgehead atoms. The summed E-state index contributed by atoms with van der Waals surface area (Å²) in [6, 6.07) is 19.5. The number of anilines is 1. The first-order valence-electron chi connectivity index (χ1n) is 10.7. The number of carbonyl (C=O) groups is 1. The molecule has 1 aromatic heterocycles. The van der Waals surface area contributed by atoms with Gasteiger partial charge in [0.05, 0.1) is 6.54 Å². The third kappa shape index (κ3) is 5.76. The number of ether oxygens (including phenoxy) is 1. The van der Waals surface area contributed by atoms with Crippen LogP contribution < -0.4 is 10.1 Å². The van der Waals surface area contributed by atoms with Gasteiger partial charge in [-0.2, -0.15) is 5.10 Å². The second-order valence-electron chi connectivity index (χ2n) is 7.66. The Labute approximate surface area is 207 Å². The van der Waals surface area contributed by atoms with Crippen LogP contribution >= 0.6 is 23.2 Å². The number of aromatic nitrogens is 2. The van der Waals surface area contributed by atoms with E-state index in [0.29, 0.717) is 17.7 Å². The summed E-state index contributed by atoms with van der Waals surface area (Å²) in [7, 11) is 0. The first-order valence-corrected chi connectivity index (χ1v) is 11.5. The van der Waals surface area contributed by atoms with Gasteiger partial charge in [-0.3, -0.25) is 9.48 Å². The molecule has 0 aliphatic rings. The number of amides is 1. The molecule has 5 nitrogen and oxygen atoms in total. The van der Waals surface area contributed by atoms with Crippen molar-refractivity contribution in [3.63, 3.8) is 0 Å². The van der Waals surface area contributed by atoms with Gasteiger partial charge in [0.2, 0.25) is 0 Å².